The zero-order valence-electron chi connectivity index (χ0n) is 7.44. The van der Waals surface area contributed by atoms with Crippen LogP contribution in [0.5, 0.6) is 0 Å². The summed E-state index contributed by atoms with van der Waals surface area (Å²) in [5.74, 6) is 0. The minimum atomic E-state index is -1.72. The molecule has 0 radical (unpaired) electrons. The molecule has 0 saturated heterocycles. The van der Waals surface area contributed by atoms with Crippen LogP contribution < -0.4 is 0 Å². The number of hydrogen-bond donors (Lipinski definition) is 1. The fourth-order valence-corrected chi connectivity index (χ4v) is 2.75. The molecule has 0 rings (SSSR count). The number of aliphatic hydroxyl groups excluding tert-OH is 1. The molecular weight excluding hydrogens is 231 g/mol. The van der Waals surface area contributed by atoms with E-state index in [0.717, 1.165) is 6.42 Å². The molecule has 1 N–H and O–H groups in total. The molecule has 60 valence electrons. The second kappa shape index (κ2) is 4.39. The van der Waals surface area contributed by atoms with Gasteiger partial charge in [0.15, 0.2) is 0 Å². The van der Waals surface area contributed by atoms with Gasteiger partial charge in [-0.05, 0) is 0 Å². The normalized spacial score (nSPS) is 13.9. The Hall–Kier alpha value is 0.499. The van der Waals surface area contributed by atoms with Gasteiger partial charge in [0.05, 0.1) is 0 Å². The SMILES string of the molecule is C/[C](=C/CCO)[Sn]([CH3])([CH3])[CH3]. The Morgan fingerprint density at radius 3 is 2.20 bits per heavy atom. The van der Waals surface area contributed by atoms with Crippen LogP contribution in [-0.4, -0.2) is 30.1 Å². The number of hydrogen-bond acceptors (Lipinski definition) is 1. The number of rotatable bonds is 3. The third-order valence-electron chi connectivity index (χ3n) is 1.76. The van der Waals surface area contributed by atoms with Crippen molar-refractivity contribution in [2.45, 2.75) is 28.2 Å². The molecule has 1 nitrogen and oxygen atoms in total. The molecule has 0 heterocycles. The quantitative estimate of drug-likeness (QED) is 0.760. The Morgan fingerprint density at radius 1 is 1.40 bits per heavy atom. The van der Waals surface area contributed by atoms with Gasteiger partial charge in [-0.2, -0.15) is 0 Å². The van der Waals surface area contributed by atoms with Crippen molar-refractivity contribution in [1.29, 1.82) is 0 Å². The van der Waals surface area contributed by atoms with Crippen molar-refractivity contribution in [2.24, 2.45) is 0 Å². The second-order valence-electron chi connectivity index (χ2n) is 3.65. The van der Waals surface area contributed by atoms with Gasteiger partial charge < -0.3 is 0 Å². The van der Waals surface area contributed by atoms with Crippen LogP contribution in [0.4, 0.5) is 0 Å². The monoisotopic (exact) mass is 250 g/mol. The molecule has 0 aromatic carbocycles. The van der Waals surface area contributed by atoms with Gasteiger partial charge in [0.2, 0.25) is 0 Å². The summed E-state index contributed by atoms with van der Waals surface area (Å²) in [4.78, 5) is 7.16. The van der Waals surface area contributed by atoms with Crippen molar-refractivity contribution >= 4 is 18.4 Å². The standard InChI is InChI=1S/C5H9O.3CH3.Sn/c1-2-3-4-5-6;;;;/h3,6H,4-5H2,1H3;3*1H3;. The summed E-state index contributed by atoms with van der Waals surface area (Å²) in [6.07, 6.45) is 3.02. The molecule has 0 bridgehead atoms. The van der Waals surface area contributed by atoms with Gasteiger partial charge in [-0.1, -0.05) is 0 Å². The summed E-state index contributed by atoms with van der Waals surface area (Å²) < 4.78 is 1.56. The zero-order chi connectivity index (χ0) is 8.20. The van der Waals surface area contributed by atoms with Gasteiger partial charge in [-0.15, -0.1) is 0 Å². The molecule has 0 atom stereocenters. The first-order valence-electron chi connectivity index (χ1n) is 3.76. The molecule has 0 saturated carbocycles. The summed E-state index contributed by atoms with van der Waals surface area (Å²) >= 11 is -1.72. The van der Waals surface area contributed by atoms with Crippen molar-refractivity contribution in [3.05, 3.63) is 9.67 Å². The van der Waals surface area contributed by atoms with Gasteiger partial charge in [0, 0.05) is 0 Å². The molecule has 0 spiro atoms. The van der Waals surface area contributed by atoms with E-state index in [-0.39, 0.29) is 0 Å². The van der Waals surface area contributed by atoms with Crippen LogP contribution >= 0.6 is 0 Å². The summed E-state index contributed by atoms with van der Waals surface area (Å²) in [5, 5.41) is 8.56. The molecule has 2 heteroatoms. The Balaban J connectivity index is 3.93. The maximum absolute atomic E-state index is 8.56. The molecule has 0 aliphatic rings. The molecular formula is C8H18OSn. The van der Waals surface area contributed by atoms with Crippen molar-refractivity contribution in [2.75, 3.05) is 6.61 Å². The van der Waals surface area contributed by atoms with Gasteiger partial charge in [0.1, 0.15) is 0 Å². The van der Waals surface area contributed by atoms with E-state index < -0.39 is 18.4 Å². The van der Waals surface area contributed by atoms with E-state index in [0.29, 0.717) is 6.61 Å². The first-order valence-corrected chi connectivity index (χ1v) is 13.8. The van der Waals surface area contributed by atoms with E-state index in [1.807, 2.05) is 0 Å². The van der Waals surface area contributed by atoms with Crippen LogP contribution in [0, 0.1) is 0 Å². The van der Waals surface area contributed by atoms with Gasteiger partial charge in [0.25, 0.3) is 0 Å². The molecule has 0 unspecified atom stereocenters. The van der Waals surface area contributed by atoms with Crippen molar-refractivity contribution in [3.63, 3.8) is 0 Å². The van der Waals surface area contributed by atoms with Crippen LogP contribution in [0.15, 0.2) is 9.67 Å². The van der Waals surface area contributed by atoms with Crippen molar-refractivity contribution in [1.82, 2.24) is 0 Å². The van der Waals surface area contributed by atoms with Crippen LogP contribution in [0.2, 0.25) is 14.8 Å². The summed E-state index contributed by atoms with van der Waals surface area (Å²) in [6.45, 7) is 2.49. The first-order chi connectivity index (χ1) is 4.48. The van der Waals surface area contributed by atoms with Gasteiger partial charge in [-0.3, -0.25) is 0 Å². The predicted octanol–water partition coefficient (Wildman–Crippen LogP) is 2.19. The van der Waals surface area contributed by atoms with Crippen LogP contribution in [0.3, 0.4) is 0 Å². The molecule has 0 aromatic rings. The molecule has 10 heavy (non-hydrogen) atoms. The maximum atomic E-state index is 8.56. The number of aliphatic hydroxyl groups is 1. The summed E-state index contributed by atoms with van der Waals surface area (Å²) in [6, 6.07) is 0. The fourth-order valence-electron chi connectivity index (χ4n) is 0.587. The summed E-state index contributed by atoms with van der Waals surface area (Å²) in [5.41, 5.74) is 0. The molecule has 0 amide bonds. The molecule has 0 fully saturated rings. The summed E-state index contributed by atoms with van der Waals surface area (Å²) in [7, 11) is 0. The molecule has 0 aromatic heterocycles. The Morgan fingerprint density at radius 2 is 1.90 bits per heavy atom. The van der Waals surface area contributed by atoms with Crippen molar-refractivity contribution in [3.8, 4) is 0 Å². The van der Waals surface area contributed by atoms with E-state index in [2.05, 4.69) is 27.8 Å². The van der Waals surface area contributed by atoms with Gasteiger partial charge in [-0.25, -0.2) is 0 Å². The van der Waals surface area contributed by atoms with Crippen LogP contribution in [-0.2, 0) is 0 Å². The molecule has 0 aliphatic carbocycles. The van der Waals surface area contributed by atoms with E-state index in [4.69, 9.17) is 5.11 Å². The first kappa shape index (κ1) is 10.5. The molecule has 0 aliphatic heterocycles. The third-order valence-corrected chi connectivity index (χ3v) is 9.10. The van der Waals surface area contributed by atoms with E-state index in [1.54, 1.807) is 3.59 Å². The minimum absolute atomic E-state index is 0.291. The average Bonchev–Trinajstić information content (AvgIpc) is 1.80. The van der Waals surface area contributed by atoms with Crippen LogP contribution in [0.1, 0.15) is 13.3 Å². The van der Waals surface area contributed by atoms with Crippen molar-refractivity contribution < 1.29 is 5.11 Å². The topological polar surface area (TPSA) is 20.2 Å². The van der Waals surface area contributed by atoms with Gasteiger partial charge >= 0.3 is 67.9 Å². The Labute approximate surface area is 68.0 Å². The van der Waals surface area contributed by atoms with E-state index in [9.17, 15) is 0 Å². The predicted molar refractivity (Wildman–Crippen MR) is 48.8 cm³/mol. The van der Waals surface area contributed by atoms with Crippen LogP contribution in [0.25, 0.3) is 0 Å². The Kier molecular flexibility index (Phi) is 4.61. The third kappa shape index (κ3) is 4.34. The second-order valence-corrected chi connectivity index (χ2v) is 18.7. The number of allylic oxidation sites excluding steroid dienone is 1. The van der Waals surface area contributed by atoms with E-state index >= 15 is 0 Å². The van der Waals surface area contributed by atoms with E-state index in [1.165, 1.54) is 0 Å². The Bertz CT molecular complexity index is 122. The average molecular weight is 249 g/mol. The fraction of sp³-hybridized carbons (Fsp3) is 0.750. The zero-order valence-corrected chi connectivity index (χ0v) is 10.3.